The van der Waals surface area contributed by atoms with Crippen LogP contribution in [0.4, 0.5) is 4.39 Å². The molecule has 0 heterocycles. The monoisotopic (exact) mass is 274 g/mol. The molecule has 3 unspecified atom stereocenters. The Labute approximate surface area is 96.5 Å². The van der Waals surface area contributed by atoms with Gasteiger partial charge in [0.25, 0.3) is 0 Å². The zero-order valence-electron chi connectivity index (χ0n) is 8.32. The molecule has 2 rings (SSSR count). The maximum absolute atomic E-state index is 13.3. The molecule has 1 aromatic carbocycles. The smallest absolute Gasteiger partial charge is 0.165 e. The van der Waals surface area contributed by atoms with E-state index in [-0.39, 0.29) is 18.0 Å². The molecule has 0 bridgehead atoms. The average Bonchev–Trinajstić information content (AvgIpc) is 2.20. The summed E-state index contributed by atoms with van der Waals surface area (Å²) in [6, 6.07) is 6.42. The Morgan fingerprint density at radius 1 is 1.40 bits per heavy atom. The second-order valence-corrected chi connectivity index (χ2v) is 4.71. The molecule has 1 saturated carbocycles. The Bertz CT molecular complexity index is 345. The van der Waals surface area contributed by atoms with Crippen LogP contribution >= 0.6 is 15.9 Å². The summed E-state index contributed by atoms with van der Waals surface area (Å²) in [6.07, 6.45) is 0.785. The SMILES string of the molecule is COC1C(Br)CC1Oc1ccccc1F. The van der Waals surface area contributed by atoms with Crippen molar-refractivity contribution in [1.82, 2.24) is 0 Å². The van der Waals surface area contributed by atoms with Gasteiger partial charge >= 0.3 is 0 Å². The van der Waals surface area contributed by atoms with Crippen molar-refractivity contribution in [2.24, 2.45) is 0 Å². The van der Waals surface area contributed by atoms with Gasteiger partial charge in [-0.25, -0.2) is 4.39 Å². The minimum Gasteiger partial charge on any atom is -0.485 e. The summed E-state index contributed by atoms with van der Waals surface area (Å²) in [5.41, 5.74) is 0. The van der Waals surface area contributed by atoms with Crippen LogP contribution in [0, 0.1) is 5.82 Å². The van der Waals surface area contributed by atoms with E-state index < -0.39 is 0 Å². The van der Waals surface area contributed by atoms with Crippen molar-refractivity contribution in [2.45, 2.75) is 23.5 Å². The van der Waals surface area contributed by atoms with Crippen LogP contribution in [0.1, 0.15) is 6.42 Å². The van der Waals surface area contributed by atoms with E-state index in [0.717, 1.165) is 6.42 Å². The fourth-order valence-electron chi connectivity index (χ4n) is 1.65. The lowest BCUT2D eigenvalue weighted by Gasteiger charge is -2.40. The Hall–Kier alpha value is -0.610. The van der Waals surface area contributed by atoms with Crippen LogP contribution in [0.15, 0.2) is 24.3 Å². The normalized spacial score (nSPS) is 29.7. The van der Waals surface area contributed by atoms with Gasteiger partial charge in [0.15, 0.2) is 11.6 Å². The number of halogens is 2. The quantitative estimate of drug-likeness (QED) is 0.790. The molecule has 0 amide bonds. The minimum atomic E-state index is -0.328. The number of hydrogen-bond donors (Lipinski definition) is 0. The van der Waals surface area contributed by atoms with Crippen molar-refractivity contribution in [1.29, 1.82) is 0 Å². The molecule has 0 spiro atoms. The minimum absolute atomic E-state index is 0.00426. The number of rotatable bonds is 3. The number of benzene rings is 1. The Morgan fingerprint density at radius 3 is 2.73 bits per heavy atom. The van der Waals surface area contributed by atoms with E-state index in [1.54, 1.807) is 25.3 Å². The molecule has 0 N–H and O–H groups in total. The van der Waals surface area contributed by atoms with Crippen LogP contribution in [0.3, 0.4) is 0 Å². The largest absolute Gasteiger partial charge is 0.485 e. The van der Waals surface area contributed by atoms with E-state index >= 15 is 0 Å². The summed E-state index contributed by atoms with van der Waals surface area (Å²) in [5.74, 6) is -0.0330. The number of methoxy groups -OCH3 is 1. The second kappa shape index (κ2) is 4.49. The summed E-state index contributed by atoms with van der Waals surface area (Å²) in [4.78, 5) is 0.305. The number of hydrogen-bond acceptors (Lipinski definition) is 2. The Morgan fingerprint density at radius 2 is 2.13 bits per heavy atom. The second-order valence-electron chi connectivity index (χ2n) is 3.54. The topological polar surface area (TPSA) is 18.5 Å². The molecule has 1 aromatic rings. The highest BCUT2D eigenvalue weighted by Crippen LogP contribution is 2.34. The summed E-state index contributed by atoms with van der Waals surface area (Å²) >= 11 is 3.46. The zero-order chi connectivity index (χ0) is 10.8. The van der Waals surface area contributed by atoms with E-state index in [2.05, 4.69) is 15.9 Å². The predicted molar refractivity (Wildman–Crippen MR) is 58.9 cm³/mol. The molecule has 1 aliphatic carbocycles. The van der Waals surface area contributed by atoms with Crippen LogP contribution in [0.2, 0.25) is 0 Å². The first-order valence-electron chi connectivity index (χ1n) is 4.80. The molecule has 4 heteroatoms. The molecule has 1 fully saturated rings. The highest BCUT2D eigenvalue weighted by Gasteiger charge is 2.41. The lowest BCUT2D eigenvalue weighted by molar-refractivity contribution is -0.0557. The van der Waals surface area contributed by atoms with Crippen LogP contribution in [-0.2, 0) is 4.74 Å². The fraction of sp³-hybridized carbons (Fsp3) is 0.455. The molecule has 0 aromatic heterocycles. The van der Waals surface area contributed by atoms with Crippen LogP contribution in [-0.4, -0.2) is 24.1 Å². The van der Waals surface area contributed by atoms with Gasteiger partial charge in [0.1, 0.15) is 12.2 Å². The van der Waals surface area contributed by atoms with E-state index in [0.29, 0.717) is 10.6 Å². The lowest BCUT2D eigenvalue weighted by atomic mass is 9.91. The maximum Gasteiger partial charge on any atom is 0.165 e. The van der Waals surface area contributed by atoms with Crippen molar-refractivity contribution in [3.63, 3.8) is 0 Å². The molecule has 3 atom stereocenters. The van der Waals surface area contributed by atoms with Gasteiger partial charge < -0.3 is 9.47 Å². The van der Waals surface area contributed by atoms with E-state index in [1.165, 1.54) is 6.07 Å². The van der Waals surface area contributed by atoms with E-state index in [9.17, 15) is 4.39 Å². The zero-order valence-corrected chi connectivity index (χ0v) is 9.91. The summed E-state index contributed by atoms with van der Waals surface area (Å²) in [6.45, 7) is 0. The van der Waals surface area contributed by atoms with E-state index in [4.69, 9.17) is 9.47 Å². The van der Waals surface area contributed by atoms with Gasteiger partial charge in [0.05, 0.1) is 0 Å². The van der Waals surface area contributed by atoms with E-state index in [1.807, 2.05) is 0 Å². The van der Waals surface area contributed by atoms with Crippen LogP contribution in [0.25, 0.3) is 0 Å². The van der Waals surface area contributed by atoms with Gasteiger partial charge in [0, 0.05) is 18.4 Å². The fourth-order valence-corrected chi connectivity index (χ4v) is 2.57. The maximum atomic E-state index is 13.3. The first kappa shape index (κ1) is 10.9. The first-order valence-corrected chi connectivity index (χ1v) is 5.72. The number of ether oxygens (including phenoxy) is 2. The van der Waals surface area contributed by atoms with Gasteiger partial charge in [-0.1, -0.05) is 28.1 Å². The number of alkyl halides is 1. The van der Waals surface area contributed by atoms with Crippen molar-refractivity contribution in [3.8, 4) is 5.75 Å². The van der Waals surface area contributed by atoms with Crippen molar-refractivity contribution >= 4 is 15.9 Å². The van der Waals surface area contributed by atoms with Gasteiger partial charge in [-0.05, 0) is 12.1 Å². The highest BCUT2D eigenvalue weighted by molar-refractivity contribution is 9.09. The average molecular weight is 275 g/mol. The Kier molecular flexibility index (Phi) is 3.26. The van der Waals surface area contributed by atoms with Gasteiger partial charge in [-0.15, -0.1) is 0 Å². The van der Waals surface area contributed by atoms with Crippen molar-refractivity contribution < 1.29 is 13.9 Å². The molecular formula is C11H12BrFO2. The summed E-state index contributed by atoms with van der Waals surface area (Å²) < 4.78 is 24.0. The van der Waals surface area contributed by atoms with Crippen molar-refractivity contribution in [3.05, 3.63) is 30.1 Å². The van der Waals surface area contributed by atoms with Crippen LogP contribution < -0.4 is 4.74 Å². The third-order valence-electron chi connectivity index (χ3n) is 2.57. The molecule has 0 aliphatic heterocycles. The molecule has 2 nitrogen and oxygen atoms in total. The molecule has 82 valence electrons. The number of para-hydroxylation sites is 1. The highest BCUT2D eigenvalue weighted by atomic mass is 79.9. The molecule has 15 heavy (non-hydrogen) atoms. The third-order valence-corrected chi connectivity index (χ3v) is 3.46. The predicted octanol–water partition coefficient (Wildman–Crippen LogP) is 2.76. The lowest BCUT2D eigenvalue weighted by Crippen LogP contribution is -2.51. The first-order chi connectivity index (χ1) is 7.22. The molecular weight excluding hydrogens is 263 g/mol. The molecule has 1 aliphatic rings. The van der Waals surface area contributed by atoms with Gasteiger partial charge in [-0.3, -0.25) is 0 Å². The molecule has 0 saturated heterocycles. The molecule has 0 radical (unpaired) electrons. The Balaban J connectivity index is 2.01. The van der Waals surface area contributed by atoms with Crippen LogP contribution in [0.5, 0.6) is 5.75 Å². The van der Waals surface area contributed by atoms with Gasteiger partial charge in [0.2, 0.25) is 0 Å². The summed E-state index contributed by atoms with van der Waals surface area (Å²) in [5, 5.41) is 0. The van der Waals surface area contributed by atoms with Crippen molar-refractivity contribution in [2.75, 3.05) is 7.11 Å². The summed E-state index contributed by atoms with van der Waals surface area (Å²) in [7, 11) is 1.63. The van der Waals surface area contributed by atoms with Gasteiger partial charge in [-0.2, -0.15) is 0 Å². The third kappa shape index (κ3) is 2.16. The standard InChI is InChI=1S/C11H12BrFO2/c1-14-11-7(12)6-10(11)15-9-5-3-2-4-8(9)13/h2-5,7,10-11H,6H2,1H3.